The van der Waals surface area contributed by atoms with Gasteiger partial charge in [-0.15, -0.1) is 11.3 Å². The minimum absolute atomic E-state index is 0.0418. The molecule has 0 aliphatic heterocycles. The van der Waals surface area contributed by atoms with E-state index in [4.69, 9.17) is 5.11 Å². The number of aliphatic hydroxyl groups is 1. The first-order valence-corrected chi connectivity index (χ1v) is 8.73. The molecule has 0 bridgehead atoms. The topological polar surface area (TPSA) is 74.2 Å². The normalized spacial score (nSPS) is 12.0. The highest BCUT2D eigenvalue weighted by molar-refractivity contribution is 7.13. The summed E-state index contributed by atoms with van der Waals surface area (Å²) in [5.74, 6) is -0.116. The summed E-state index contributed by atoms with van der Waals surface area (Å²) in [5, 5.41) is 17.8. The maximum atomic E-state index is 11.9. The molecule has 1 aromatic carbocycles. The van der Waals surface area contributed by atoms with Crippen LogP contribution in [0.15, 0.2) is 29.6 Å². The summed E-state index contributed by atoms with van der Waals surface area (Å²) in [4.78, 5) is 16.3. The van der Waals surface area contributed by atoms with E-state index in [0.29, 0.717) is 6.42 Å². The van der Waals surface area contributed by atoms with Gasteiger partial charge < -0.3 is 15.7 Å². The number of benzene rings is 1. The number of carbonyl (C=O) groups excluding carboxylic acids is 1. The van der Waals surface area contributed by atoms with Gasteiger partial charge in [0.1, 0.15) is 0 Å². The number of carbonyl (C=O) groups is 1. The number of rotatable bonds is 8. The summed E-state index contributed by atoms with van der Waals surface area (Å²) in [6.45, 7) is 4.01. The lowest BCUT2D eigenvalue weighted by Gasteiger charge is -2.13. The molecule has 0 aliphatic rings. The van der Waals surface area contributed by atoms with Gasteiger partial charge >= 0.3 is 0 Å². The second kappa shape index (κ2) is 8.64. The molecule has 23 heavy (non-hydrogen) atoms. The lowest BCUT2D eigenvalue weighted by molar-refractivity contribution is -0.121. The first-order chi connectivity index (χ1) is 11.1. The highest BCUT2D eigenvalue weighted by atomic mass is 32.1. The Morgan fingerprint density at radius 1 is 1.30 bits per heavy atom. The first-order valence-electron chi connectivity index (χ1n) is 7.85. The minimum atomic E-state index is -0.184. The molecule has 0 saturated carbocycles. The average Bonchev–Trinajstić information content (AvgIpc) is 3.00. The van der Waals surface area contributed by atoms with E-state index in [9.17, 15) is 4.79 Å². The number of nitrogens with one attached hydrogen (secondary N) is 2. The van der Waals surface area contributed by atoms with E-state index < -0.39 is 0 Å². The summed E-state index contributed by atoms with van der Waals surface area (Å²) in [7, 11) is 0. The number of aromatic nitrogens is 1. The molecule has 1 aromatic heterocycles. The zero-order valence-corrected chi connectivity index (χ0v) is 14.3. The van der Waals surface area contributed by atoms with Crippen LogP contribution in [0.5, 0.6) is 0 Å². The van der Waals surface area contributed by atoms with Crippen molar-refractivity contribution in [1.82, 2.24) is 10.3 Å². The van der Waals surface area contributed by atoms with Crippen LogP contribution >= 0.6 is 11.3 Å². The van der Waals surface area contributed by atoms with Crippen molar-refractivity contribution in [2.75, 3.05) is 11.9 Å². The third-order valence-corrected chi connectivity index (χ3v) is 4.39. The van der Waals surface area contributed by atoms with E-state index in [1.54, 1.807) is 0 Å². The fourth-order valence-corrected chi connectivity index (χ4v) is 2.84. The predicted octanol–water partition coefficient (Wildman–Crippen LogP) is 2.88. The van der Waals surface area contributed by atoms with E-state index in [1.165, 1.54) is 16.9 Å². The molecule has 1 amide bonds. The summed E-state index contributed by atoms with van der Waals surface area (Å²) in [5.41, 5.74) is 3.01. The third kappa shape index (κ3) is 5.33. The fourth-order valence-electron chi connectivity index (χ4n) is 2.11. The standard InChI is InChI=1S/C17H23N3O2S/c1-3-12-5-7-14(8-6-12)19-17-20-15(11-23-17)9-16(22)18-13(4-2)10-21/h5-8,11,13,21H,3-4,9-10H2,1-2H3,(H,18,22)(H,19,20). The average molecular weight is 333 g/mol. The quantitative estimate of drug-likeness (QED) is 0.694. The van der Waals surface area contributed by atoms with Crippen LogP contribution in [0.1, 0.15) is 31.5 Å². The summed E-state index contributed by atoms with van der Waals surface area (Å²) >= 11 is 1.48. The van der Waals surface area contributed by atoms with Crippen molar-refractivity contribution in [2.24, 2.45) is 0 Å². The van der Waals surface area contributed by atoms with Gasteiger partial charge in [0.15, 0.2) is 5.13 Å². The Kier molecular flexibility index (Phi) is 6.55. The maximum Gasteiger partial charge on any atom is 0.226 e. The van der Waals surface area contributed by atoms with Gasteiger partial charge in [-0.25, -0.2) is 4.98 Å². The molecule has 1 atom stereocenters. The van der Waals surface area contributed by atoms with Crippen molar-refractivity contribution in [3.8, 4) is 0 Å². The molecule has 2 aromatic rings. The molecule has 6 heteroatoms. The minimum Gasteiger partial charge on any atom is -0.394 e. The van der Waals surface area contributed by atoms with Gasteiger partial charge in [-0.2, -0.15) is 0 Å². The number of aliphatic hydroxyl groups excluding tert-OH is 1. The Morgan fingerprint density at radius 2 is 2.04 bits per heavy atom. The molecule has 0 aliphatic carbocycles. The molecular weight excluding hydrogens is 310 g/mol. The molecule has 5 nitrogen and oxygen atoms in total. The Bertz CT molecular complexity index is 621. The Labute approximate surface area is 140 Å². The monoisotopic (exact) mass is 333 g/mol. The van der Waals surface area contributed by atoms with E-state index in [-0.39, 0.29) is 25.0 Å². The molecule has 0 spiro atoms. The van der Waals surface area contributed by atoms with Crippen LogP contribution in [0.25, 0.3) is 0 Å². The van der Waals surface area contributed by atoms with Crippen molar-refractivity contribution in [3.05, 3.63) is 40.9 Å². The second-order valence-electron chi connectivity index (χ2n) is 5.35. The molecule has 0 saturated heterocycles. The Morgan fingerprint density at radius 3 is 2.65 bits per heavy atom. The maximum absolute atomic E-state index is 11.9. The van der Waals surface area contributed by atoms with E-state index >= 15 is 0 Å². The smallest absolute Gasteiger partial charge is 0.226 e. The molecule has 2 rings (SSSR count). The number of aryl methyl sites for hydroxylation is 1. The summed E-state index contributed by atoms with van der Waals surface area (Å²) in [6, 6.07) is 8.05. The van der Waals surface area contributed by atoms with Crippen molar-refractivity contribution < 1.29 is 9.90 Å². The van der Waals surface area contributed by atoms with E-state index in [2.05, 4.69) is 34.7 Å². The number of amides is 1. The van der Waals surface area contributed by atoms with Crippen molar-refractivity contribution >= 4 is 28.1 Å². The summed E-state index contributed by atoms with van der Waals surface area (Å²) < 4.78 is 0. The SMILES string of the molecule is CCc1ccc(Nc2nc(CC(=O)NC(CC)CO)cs2)cc1. The third-order valence-electron chi connectivity index (χ3n) is 3.59. The fraction of sp³-hybridized carbons (Fsp3) is 0.412. The molecule has 0 radical (unpaired) electrons. The van der Waals surface area contributed by atoms with Crippen LogP contribution in [0.4, 0.5) is 10.8 Å². The Hall–Kier alpha value is -1.92. The number of hydrogen-bond donors (Lipinski definition) is 3. The zero-order chi connectivity index (χ0) is 16.7. The van der Waals surface area contributed by atoms with Crippen LogP contribution in [0.2, 0.25) is 0 Å². The van der Waals surface area contributed by atoms with Crippen molar-refractivity contribution in [1.29, 1.82) is 0 Å². The van der Waals surface area contributed by atoms with Crippen molar-refractivity contribution in [2.45, 2.75) is 39.2 Å². The molecule has 0 fully saturated rings. The first kappa shape index (κ1) is 17.4. The van der Waals surface area contributed by atoms with Crippen LogP contribution < -0.4 is 10.6 Å². The lowest BCUT2D eigenvalue weighted by Crippen LogP contribution is -2.37. The van der Waals surface area contributed by atoms with Gasteiger partial charge in [-0.05, 0) is 30.5 Å². The van der Waals surface area contributed by atoms with Crippen LogP contribution in [0, 0.1) is 0 Å². The van der Waals surface area contributed by atoms with Gasteiger partial charge in [-0.3, -0.25) is 4.79 Å². The lowest BCUT2D eigenvalue weighted by atomic mass is 10.1. The summed E-state index contributed by atoms with van der Waals surface area (Å²) in [6.07, 6.45) is 1.95. The van der Waals surface area contributed by atoms with Gasteiger partial charge in [0, 0.05) is 11.1 Å². The van der Waals surface area contributed by atoms with E-state index in [1.807, 2.05) is 24.4 Å². The predicted molar refractivity (Wildman–Crippen MR) is 94.2 cm³/mol. The molecule has 124 valence electrons. The second-order valence-corrected chi connectivity index (χ2v) is 6.21. The van der Waals surface area contributed by atoms with Gasteiger partial charge in [0.2, 0.25) is 5.91 Å². The van der Waals surface area contributed by atoms with Gasteiger partial charge in [0.05, 0.1) is 24.8 Å². The molecular formula is C17H23N3O2S. The zero-order valence-electron chi connectivity index (χ0n) is 13.5. The number of thiazole rings is 1. The van der Waals surface area contributed by atoms with Gasteiger partial charge in [-0.1, -0.05) is 26.0 Å². The van der Waals surface area contributed by atoms with Crippen LogP contribution in [0.3, 0.4) is 0 Å². The van der Waals surface area contributed by atoms with E-state index in [0.717, 1.165) is 22.9 Å². The Balaban J connectivity index is 1.90. The number of hydrogen-bond acceptors (Lipinski definition) is 5. The molecule has 1 unspecified atom stereocenters. The molecule has 1 heterocycles. The van der Waals surface area contributed by atoms with Gasteiger partial charge in [0.25, 0.3) is 0 Å². The largest absolute Gasteiger partial charge is 0.394 e. The number of anilines is 2. The number of nitrogens with zero attached hydrogens (tertiary/aromatic N) is 1. The van der Waals surface area contributed by atoms with Crippen LogP contribution in [-0.4, -0.2) is 28.6 Å². The highest BCUT2D eigenvalue weighted by Crippen LogP contribution is 2.21. The van der Waals surface area contributed by atoms with Crippen molar-refractivity contribution in [3.63, 3.8) is 0 Å². The molecule has 3 N–H and O–H groups in total. The van der Waals surface area contributed by atoms with Crippen LogP contribution in [-0.2, 0) is 17.6 Å². The highest BCUT2D eigenvalue weighted by Gasteiger charge is 2.12.